The Balaban J connectivity index is 1.62. The first kappa shape index (κ1) is 21.5. The molecular weight excluding hydrogens is 497 g/mol. The van der Waals surface area contributed by atoms with Crippen LogP contribution in [-0.4, -0.2) is 15.9 Å². The van der Waals surface area contributed by atoms with E-state index in [1.807, 2.05) is 36.4 Å². The molecule has 0 fully saturated rings. The van der Waals surface area contributed by atoms with Gasteiger partial charge in [0.1, 0.15) is 5.15 Å². The quantitative estimate of drug-likeness (QED) is 0.310. The van der Waals surface area contributed by atoms with E-state index in [1.165, 1.54) is 0 Å². The Bertz CT molecular complexity index is 1450. The highest BCUT2D eigenvalue weighted by atomic mass is 35.5. The average Bonchev–Trinajstić information content (AvgIpc) is 3.08. The van der Waals surface area contributed by atoms with Gasteiger partial charge in [0.15, 0.2) is 11.0 Å². The molecule has 3 heterocycles. The van der Waals surface area contributed by atoms with E-state index in [0.29, 0.717) is 27.2 Å². The number of hydrogen-bond acceptors (Lipinski definition) is 5. The van der Waals surface area contributed by atoms with E-state index in [1.54, 1.807) is 17.8 Å². The van der Waals surface area contributed by atoms with Crippen LogP contribution in [0.25, 0.3) is 10.9 Å². The van der Waals surface area contributed by atoms with Gasteiger partial charge in [-0.25, -0.2) is 9.98 Å². The monoisotopic (exact) mass is 513 g/mol. The fraction of sp³-hybridized carbons (Fsp3) is 0.240. The first-order valence-corrected chi connectivity index (χ1v) is 12.5. The number of benzene rings is 2. The summed E-state index contributed by atoms with van der Waals surface area (Å²) in [6.45, 7) is 4.22. The molecule has 1 aliphatic carbocycles. The molecule has 0 saturated heterocycles. The summed E-state index contributed by atoms with van der Waals surface area (Å²) < 4.78 is 0. The zero-order chi connectivity index (χ0) is 23.1. The fourth-order valence-corrected chi connectivity index (χ4v) is 6.71. The minimum absolute atomic E-state index is 0.101. The maximum Gasteiger partial charge on any atom is 0.174 e. The summed E-state index contributed by atoms with van der Waals surface area (Å²) in [5.74, 6) is 0.101. The molecule has 0 spiro atoms. The summed E-state index contributed by atoms with van der Waals surface area (Å²) in [5, 5.41) is 3.35. The van der Waals surface area contributed by atoms with Crippen LogP contribution in [0.15, 0.2) is 63.6 Å². The lowest BCUT2D eigenvalue weighted by Gasteiger charge is -2.40. The van der Waals surface area contributed by atoms with Crippen LogP contribution in [0.2, 0.25) is 15.2 Å². The van der Waals surface area contributed by atoms with Gasteiger partial charge >= 0.3 is 0 Å². The van der Waals surface area contributed by atoms with Crippen LogP contribution in [-0.2, 0) is 4.79 Å². The van der Waals surface area contributed by atoms with Crippen LogP contribution in [0.4, 0.5) is 5.69 Å². The molecule has 2 aliphatic heterocycles. The zero-order valence-electron chi connectivity index (χ0n) is 17.8. The molecule has 4 nitrogen and oxygen atoms in total. The third kappa shape index (κ3) is 3.48. The van der Waals surface area contributed by atoms with E-state index in [2.05, 4.69) is 23.7 Å². The molecule has 166 valence electrons. The molecule has 6 rings (SSSR count). The molecule has 2 aromatic carbocycles. The predicted molar refractivity (Wildman–Crippen MR) is 137 cm³/mol. The number of amidine groups is 1. The maximum absolute atomic E-state index is 13.5. The van der Waals surface area contributed by atoms with Crippen molar-refractivity contribution < 1.29 is 4.79 Å². The minimum Gasteiger partial charge on any atom is -0.308 e. The lowest BCUT2D eigenvalue weighted by molar-refractivity contribution is -0.118. The van der Waals surface area contributed by atoms with Crippen LogP contribution >= 0.6 is 46.6 Å². The highest BCUT2D eigenvalue weighted by molar-refractivity contribution is 8.14. The van der Waals surface area contributed by atoms with E-state index in [9.17, 15) is 4.79 Å². The van der Waals surface area contributed by atoms with Crippen molar-refractivity contribution in [2.75, 3.05) is 4.90 Å². The summed E-state index contributed by atoms with van der Waals surface area (Å²) in [5.41, 5.74) is 3.87. The van der Waals surface area contributed by atoms with Crippen molar-refractivity contribution in [3.63, 3.8) is 0 Å². The second kappa shape index (κ2) is 7.47. The highest BCUT2D eigenvalue weighted by Crippen LogP contribution is 2.54. The van der Waals surface area contributed by atoms with Crippen LogP contribution in [0.5, 0.6) is 0 Å². The third-order valence-electron chi connectivity index (χ3n) is 6.30. The van der Waals surface area contributed by atoms with Gasteiger partial charge in [-0.1, -0.05) is 48.7 Å². The third-order valence-corrected chi connectivity index (χ3v) is 8.09. The van der Waals surface area contributed by atoms with E-state index >= 15 is 0 Å². The van der Waals surface area contributed by atoms with Gasteiger partial charge in [0.25, 0.3) is 0 Å². The molecule has 3 aliphatic rings. The number of rotatable bonds is 1. The van der Waals surface area contributed by atoms with Crippen molar-refractivity contribution in [1.29, 1.82) is 0 Å². The van der Waals surface area contributed by atoms with Crippen LogP contribution in [0, 0.1) is 5.41 Å². The molecule has 1 atom stereocenters. The lowest BCUT2D eigenvalue weighted by atomic mass is 9.73. The molecule has 3 aromatic rings. The summed E-state index contributed by atoms with van der Waals surface area (Å²) in [4.78, 5) is 26.3. The Labute approximate surface area is 210 Å². The normalized spacial score (nSPS) is 21.1. The van der Waals surface area contributed by atoms with Gasteiger partial charge in [-0.15, -0.1) is 0 Å². The number of aromatic nitrogens is 1. The molecular formula is C25H18Cl3N3OS. The number of thioether (sulfide) groups is 1. The predicted octanol–water partition coefficient (Wildman–Crippen LogP) is 7.86. The number of aliphatic imine (C=N–C) groups is 1. The number of halogens is 3. The molecule has 0 radical (unpaired) electrons. The number of pyridine rings is 1. The van der Waals surface area contributed by atoms with Gasteiger partial charge in [0.05, 0.1) is 22.9 Å². The van der Waals surface area contributed by atoms with Crippen LogP contribution in [0.3, 0.4) is 0 Å². The molecule has 1 aromatic heterocycles. The number of nitrogens with zero attached hydrogens (tertiary/aromatic N) is 3. The Morgan fingerprint density at radius 3 is 2.61 bits per heavy atom. The standard InChI is InChI=1S/C25H18Cl3N3OS/c1-25(2)10-17-21(19(32)11-25)22(15-8-12-7-13(26)3-5-16(12)29-23(15)28)31-18-6-4-14(27)9-20(18)33-24(31)30-17/h3-9,22H,10-11H2,1-2H3. The average molecular weight is 515 g/mol. The summed E-state index contributed by atoms with van der Waals surface area (Å²) in [7, 11) is 0. The number of anilines is 1. The molecule has 0 amide bonds. The van der Waals surface area contributed by atoms with Gasteiger partial charge in [0.2, 0.25) is 0 Å². The Morgan fingerprint density at radius 2 is 1.79 bits per heavy atom. The second-order valence-corrected chi connectivity index (χ2v) is 11.6. The molecule has 33 heavy (non-hydrogen) atoms. The van der Waals surface area contributed by atoms with Crippen molar-refractivity contribution in [2.45, 2.75) is 37.6 Å². The van der Waals surface area contributed by atoms with Gasteiger partial charge in [-0.3, -0.25) is 4.79 Å². The highest BCUT2D eigenvalue weighted by Gasteiger charge is 2.46. The van der Waals surface area contributed by atoms with Crippen LogP contribution < -0.4 is 4.90 Å². The number of Topliss-reactive ketones (excluding diaryl/α,β-unsaturated/α-hetero) is 1. The maximum atomic E-state index is 13.5. The first-order chi connectivity index (χ1) is 15.7. The molecule has 0 saturated carbocycles. The Hall–Kier alpha value is -2.05. The van der Waals surface area contributed by atoms with Crippen molar-refractivity contribution in [3.8, 4) is 0 Å². The Morgan fingerprint density at radius 1 is 1.03 bits per heavy atom. The Kier molecular flexibility index (Phi) is 4.87. The number of hydrogen-bond donors (Lipinski definition) is 0. The van der Waals surface area contributed by atoms with Gasteiger partial charge in [0, 0.05) is 37.9 Å². The number of allylic oxidation sites excluding steroid dienone is 1. The van der Waals surface area contributed by atoms with E-state index in [4.69, 9.17) is 39.8 Å². The second-order valence-electron chi connectivity index (χ2n) is 9.39. The van der Waals surface area contributed by atoms with E-state index < -0.39 is 6.04 Å². The van der Waals surface area contributed by atoms with E-state index in [0.717, 1.165) is 44.3 Å². The molecule has 1 unspecified atom stereocenters. The van der Waals surface area contributed by atoms with Crippen molar-refractivity contribution >= 4 is 74.1 Å². The summed E-state index contributed by atoms with van der Waals surface area (Å²) in [6, 6.07) is 12.9. The summed E-state index contributed by atoms with van der Waals surface area (Å²) in [6.07, 6.45) is 1.19. The zero-order valence-corrected chi connectivity index (χ0v) is 20.9. The molecule has 8 heteroatoms. The lowest BCUT2D eigenvalue weighted by Crippen LogP contribution is -2.40. The number of carbonyl (C=O) groups excluding carboxylic acids is 1. The van der Waals surface area contributed by atoms with E-state index in [-0.39, 0.29) is 11.2 Å². The fourth-order valence-electron chi connectivity index (χ4n) is 4.93. The smallest absolute Gasteiger partial charge is 0.174 e. The summed E-state index contributed by atoms with van der Waals surface area (Å²) >= 11 is 20.9. The number of ketones is 1. The van der Waals surface area contributed by atoms with Crippen molar-refractivity contribution in [3.05, 3.63) is 74.5 Å². The largest absolute Gasteiger partial charge is 0.308 e. The molecule has 0 bridgehead atoms. The van der Waals surface area contributed by atoms with Crippen LogP contribution in [0.1, 0.15) is 38.3 Å². The van der Waals surface area contributed by atoms with Gasteiger partial charge < -0.3 is 4.90 Å². The van der Waals surface area contributed by atoms with Crippen molar-refractivity contribution in [1.82, 2.24) is 4.98 Å². The SMILES string of the molecule is CC1(C)CC(=O)C2=C(C1)N=C1Sc3cc(Cl)ccc3N1C2c1cc2cc(Cl)ccc2nc1Cl. The van der Waals surface area contributed by atoms with Gasteiger partial charge in [-0.05, 0) is 66.1 Å². The minimum atomic E-state index is -0.422. The van der Waals surface area contributed by atoms with Crippen molar-refractivity contribution in [2.24, 2.45) is 10.4 Å². The first-order valence-electron chi connectivity index (χ1n) is 10.6. The number of carbonyl (C=O) groups is 1. The molecule has 0 N–H and O–H groups in total. The number of fused-ring (bicyclic) bond motifs is 4. The topological polar surface area (TPSA) is 45.6 Å². The van der Waals surface area contributed by atoms with Gasteiger partial charge in [-0.2, -0.15) is 0 Å².